The van der Waals surface area contributed by atoms with Crippen LogP contribution in [0, 0.1) is 5.92 Å². The van der Waals surface area contributed by atoms with Crippen molar-refractivity contribution in [3.8, 4) is 0 Å². The van der Waals surface area contributed by atoms with E-state index in [-0.39, 0.29) is 18.3 Å². The maximum absolute atomic E-state index is 12.9. The zero-order valence-corrected chi connectivity index (χ0v) is 16.5. The fourth-order valence-electron chi connectivity index (χ4n) is 4.90. The van der Waals surface area contributed by atoms with E-state index < -0.39 is 0 Å². The molecule has 0 spiro atoms. The van der Waals surface area contributed by atoms with Gasteiger partial charge in [0, 0.05) is 5.92 Å². The summed E-state index contributed by atoms with van der Waals surface area (Å²) in [5, 5.41) is 8.88. The number of hydrogen-bond acceptors (Lipinski definition) is 4. The molecule has 2 fully saturated rings. The second kappa shape index (κ2) is 7.85. The van der Waals surface area contributed by atoms with Crippen LogP contribution in [0.25, 0.3) is 11.0 Å². The van der Waals surface area contributed by atoms with Crippen molar-refractivity contribution in [2.45, 2.75) is 50.7 Å². The molecule has 2 atom stereocenters. The molecule has 2 aliphatic rings. The van der Waals surface area contributed by atoms with Gasteiger partial charge >= 0.3 is 6.09 Å². The molecule has 5 rings (SSSR count). The second-order valence-corrected chi connectivity index (χ2v) is 8.16. The molecular weight excluding hydrogens is 364 g/mol. The van der Waals surface area contributed by atoms with Crippen molar-refractivity contribution in [3.63, 3.8) is 0 Å². The summed E-state index contributed by atoms with van der Waals surface area (Å²) in [5.74, 6) is 0.359. The molecular formula is C23H26N4O2. The lowest BCUT2D eigenvalue weighted by Crippen LogP contribution is -2.45. The van der Waals surface area contributed by atoms with Gasteiger partial charge in [-0.2, -0.15) is 0 Å². The van der Waals surface area contributed by atoms with Crippen molar-refractivity contribution in [2.75, 3.05) is 6.61 Å². The predicted octanol–water partition coefficient (Wildman–Crippen LogP) is 4.57. The molecule has 1 amide bonds. The number of amides is 1. The number of carbonyl (C=O) groups excluding carboxylic acids is 1. The highest BCUT2D eigenvalue weighted by atomic mass is 16.6. The fourth-order valence-corrected chi connectivity index (χ4v) is 4.90. The van der Waals surface area contributed by atoms with E-state index in [2.05, 4.69) is 22.4 Å². The minimum atomic E-state index is -0.235. The number of hydrogen-bond donors (Lipinski definition) is 0. The van der Waals surface area contributed by atoms with Gasteiger partial charge in [-0.25, -0.2) is 9.48 Å². The number of carbonyl (C=O) groups is 1. The highest BCUT2D eigenvalue weighted by Crippen LogP contribution is 2.39. The Balaban J connectivity index is 1.54. The Morgan fingerprint density at radius 3 is 2.59 bits per heavy atom. The molecule has 0 radical (unpaired) electrons. The Morgan fingerprint density at radius 2 is 1.76 bits per heavy atom. The van der Waals surface area contributed by atoms with E-state index in [4.69, 9.17) is 4.74 Å². The van der Waals surface area contributed by atoms with E-state index in [1.807, 2.05) is 52.0 Å². The molecule has 2 heterocycles. The average molecular weight is 390 g/mol. The topological polar surface area (TPSA) is 60.2 Å². The lowest BCUT2D eigenvalue weighted by molar-refractivity contribution is 0.0657. The lowest BCUT2D eigenvalue weighted by atomic mass is 9.86. The third kappa shape index (κ3) is 3.48. The average Bonchev–Trinajstić information content (AvgIpc) is 3.35. The Bertz CT molecular complexity index is 981. The Labute approximate surface area is 170 Å². The minimum absolute atomic E-state index is 0.000196. The maximum atomic E-state index is 12.9. The summed E-state index contributed by atoms with van der Waals surface area (Å²) in [7, 11) is 0. The lowest BCUT2D eigenvalue weighted by Gasteiger charge is -2.38. The minimum Gasteiger partial charge on any atom is -0.447 e. The van der Waals surface area contributed by atoms with Crippen LogP contribution in [-0.4, -0.2) is 38.6 Å². The van der Waals surface area contributed by atoms with E-state index in [0.29, 0.717) is 12.5 Å². The van der Waals surface area contributed by atoms with Crippen LogP contribution in [0.15, 0.2) is 54.6 Å². The van der Waals surface area contributed by atoms with Gasteiger partial charge < -0.3 is 4.74 Å². The quantitative estimate of drug-likeness (QED) is 0.640. The van der Waals surface area contributed by atoms with E-state index in [1.165, 1.54) is 24.8 Å². The molecule has 1 unspecified atom stereocenters. The van der Waals surface area contributed by atoms with Gasteiger partial charge in [-0.15, -0.1) is 5.10 Å². The summed E-state index contributed by atoms with van der Waals surface area (Å²) in [4.78, 5) is 14.9. The first-order valence-electron chi connectivity index (χ1n) is 10.6. The highest BCUT2D eigenvalue weighted by Gasteiger charge is 2.43. The molecule has 3 aromatic rings. The predicted molar refractivity (Wildman–Crippen MR) is 110 cm³/mol. The smallest absolute Gasteiger partial charge is 0.411 e. The first-order valence-corrected chi connectivity index (χ1v) is 10.6. The summed E-state index contributed by atoms with van der Waals surface area (Å²) in [5.41, 5.74) is 3.05. The molecule has 1 saturated carbocycles. The number of aromatic nitrogens is 3. The fraction of sp³-hybridized carbons (Fsp3) is 0.435. The van der Waals surface area contributed by atoms with Crippen molar-refractivity contribution in [1.82, 2.24) is 19.9 Å². The van der Waals surface area contributed by atoms with E-state index in [0.717, 1.165) is 30.3 Å². The van der Waals surface area contributed by atoms with Crippen LogP contribution in [0.3, 0.4) is 0 Å². The Kier molecular flexibility index (Phi) is 4.92. The van der Waals surface area contributed by atoms with Gasteiger partial charge in [0.25, 0.3) is 0 Å². The van der Waals surface area contributed by atoms with Gasteiger partial charge in [-0.3, -0.25) is 4.90 Å². The third-order valence-corrected chi connectivity index (χ3v) is 6.30. The summed E-state index contributed by atoms with van der Waals surface area (Å²) < 4.78 is 7.53. The molecule has 29 heavy (non-hydrogen) atoms. The Hall–Kier alpha value is -2.89. The molecule has 1 aromatic heterocycles. The van der Waals surface area contributed by atoms with Gasteiger partial charge in [0.1, 0.15) is 18.3 Å². The van der Waals surface area contributed by atoms with Crippen LogP contribution in [-0.2, 0) is 11.2 Å². The summed E-state index contributed by atoms with van der Waals surface area (Å²) >= 11 is 0. The molecule has 150 valence electrons. The van der Waals surface area contributed by atoms with Crippen molar-refractivity contribution in [2.24, 2.45) is 5.92 Å². The second-order valence-electron chi connectivity index (χ2n) is 8.16. The van der Waals surface area contributed by atoms with E-state index >= 15 is 0 Å². The van der Waals surface area contributed by atoms with Gasteiger partial charge in [0.15, 0.2) is 0 Å². The first-order chi connectivity index (χ1) is 14.3. The zero-order chi connectivity index (χ0) is 19.6. The van der Waals surface area contributed by atoms with Gasteiger partial charge in [0.05, 0.1) is 11.6 Å². The largest absolute Gasteiger partial charge is 0.447 e. The molecule has 0 N–H and O–H groups in total. The first kappa shape index (κ1) is 18.2. The van der Waals surface area contributed by atoms with Gasteiger partial charge in [-0.05, 0) is 37.0 Å². The zero-order valence-electron chi connectivity index (χ0n) is 16.5. The standard InChI is InChI=1S/C23H26N4O2/c28-23-26(19(16-29-23)15-17-9-3-1-4-10-17)22(18-11-5-2-6-12-18)27-21-14-8-7-13-20(21)24-25-27/h1,3-4,7-10,13-14,18-19,22H,2,5-6,11-12,15-16H2/t19-,22?/m0/s1. The summed E-state index contributed by atoms with van der Waals surface area (Å²) in [6, 6.07) is 18.3. The molecule has 1 aliphatic carbocycles. The molecule has 6 nitrogen and oxygen atoms in total. The highest BCUT2D eigenvalue weighted by molar-refractivity contribution is 5.75. The van der Waals surface area contributed by atoms with Crippen LogP contribution in [0.2, 0.25) is 0 Å². The monoisotopic (exact) mass is 390 g/mol. The molecule has 1 aliphatic heterocycles. The van der Waals surface area contributed by atoms with Crippen molar-refractivity contribution >= 4 is 17.1 Å². The molecule has 1 saturated heterocycles. The van der Waals surface area contributed by atoms with Gasteiger partial charge in [-0.1, -0.05) is 66.9 Å². The molecule has 0 bridgehead atoms. The number of benzene rings is 2. The Morgan fingerprint density at radius 1 is 1.00 bits per heavy atom. The van der Waals surface area contributed by atoms with Crippen LogP contribution >= 0.6 is 0 Å². The third-order valence-electron chi connectivity index (χ3n) is 6.30. The number of fused-ring (bicyclic) bond motifs is 1. The van der Waals surface area contributed by atoms with E-state index in [1.54, 1.807) is 0 Å². The molecule has 6 heteroatoms. The van der Waals surface area contributed by atoms with Gasteiger partial charge in [0.2, 0.25) is 0 Å². The van der Waals surface area contributed by atoms with Crippen LogP contribution in [0.1, 0.15) is 43.8 Å². The number of para-hydroxylation sites is 1. The van der Waals surface area contributed by atoms with Crippen molar-refractivity contribution in [3.05, 3.63) is 60.2 Å². The summed E-state index contributed by atoms with van der Waals surface area (Å²) in [6.45, 7) is 0.420. The van der Waals surface area contributed by atoms with E-state index in [9.17, 15) is 4.79 Å². The van der Waals surface area contributed by atoms with Crippen molar-refractivity contribution in [1.29, 1.82) is 0 Å². The number of nitrogens with zero attached hydrogens (tertiary/aromatic N) is 4. The van der Waals surface area contributed by atoms with Crippen LogP contribution in [0.5, 0.6) is 0 Å². The number of cyclic esters (lactones) is 1. The number of rotatable bonds is 5. The summed E-state index contributed by atoms with van der Waals surface area (Å²) in [6.07, 6.45) is 6.23. The van der Waals surface area contributed by atoms with Crippen molar-refractivity contribution < 1.29 is 9.53 Å². The maximum Gasteiger partial charge on any atom is 0.411 e. The van der Waals surface area contributed by atoms with Crippen LogP contribution < -0.4 is 0 Å². The molecule has 2 aromatic carbocycles. The van der Waals surface area contributed by atoms with Crippen LogP contribution in [0.4, 0.5) is 4.79 Å². The number of ether oxygens (including phenoxy) is 1. The SMILES string of the molecule is O=C1OC[C@H](Cc2ccccc2)N1C(C1CCCCC1)n1nnc2ccccc21. The normalized spacial score (nSPS) is 21.4.